The maximum Gasteiger partial charge on any atom is 0.234 e. The molecule has 0 aliphatic rings. The predicted octanol–water partition coefficient (Wildman–Crippen LogP) is 4.01. The maximum atomic E-state index is 13.2. The molecule has 0 saturated carbocycles. The summed E-state index contributed by atoms with van der Waals surface area (Å²) in [4.78, 5) is 16.3. The number of carbonyl (C=O) groups is 1. The number of pyridine rings is 1. The minimum atomic E-state index is -0.749. The van der Waals surface area contributed by atoms with E-state index in [2.05, 4.69) is 34.3 Å². The van der Waals surface area contributed by atoms with Gasteiger partial charge in [-0.25, -0.2) is 8.78 Å². The van der Waals surface area contributed by atoms with Gasteiger partial charge in [-0.1, -0.05) is 25.6 Å². The number of anilines is 1. The van der Waals surface area contributed by atoms with Crippen LogP contribution in [0.4, 0.5) is 14.5 Å². The zero-order chi connectivity index (χ0) is 20.1. The van der Waals surface area contributed by atoms with Crippen molar-refractivity contribution in [2.24, 2.45) is 5.92 Å². The van der Waals surface area contributed by atoms with Gasteiger partial charge in [0.1, 0.15) is 11.6 Å². The van der Waals surface area contributed by atoms with E-state index < -0.39 is 17.5 Å². The molecule has 6 nitrogen and oxygen atoms in total. The molecule has 146 valence electrons. The molecular weight excluding hydrogens is 384 g/mol. The summed E-state index contributed by atoms with van der Waals surface area (Å²) in [5.74, 6) is -0.841. The minimum absolute atomic E-state index is 0.0292. The quantitative estimate of drug-likeness (QED) is 0.604. The fraction of sp³-hybridized carbons (Fsp3) is 0.263. The number of aromatic nitrogens is 4. The highest BCUT2D eigenvalue weighted by atomic mass is 32.2. The van der Waals surface area contributed by atoms with Gasteiger partial charge >= 0.3 is 0 Å². The lowest BCUT2D eigenvalue weighted by Crippen LogP contribution is -2.15. The number of nitrogens with zero attached hydrogens (tertiary/aromatic N) is 4. The zero-order valence-corrected chi connectivity index (χ0v) is 16.2. The average Bonchev–Trinajstić information content (AvgIpc) is 3.01. The molecule has 0 unspecified atom stereocenters. The van der Waals surface area contributed by atoms with Crippen molar-refractivity contribution in [3.63, 3.8) is 0 Å². The van der Waals surface area contributed by atoms with Gasteiger partial charge in [0, 0.05) is 36.3 Å². The molecule has 0 atom stereocenters. The van der Waals surface area contributed by atoms with Crippen LogP contribution in [0.15, 0.2) is 47.9 Å². The van der Waals surface area contributed by atoms with E-state index in [1.54, 1.807) is 12.4 Å². The third kappa shape index (κ3) is 5.13. The molecule has 0 spiro atoms. The van der Waals surface area contributed by atoms with Crippen molar-refractivity contribution in [1.29, 1.82) is 0 Å². The van der Waals surface area contributed by atoms with Crippen molar-refractivity contribution in [1.82, 2.24) is 19.7 Å². The van der Waals surface area contributed by atoms with Crippen LogP contribution in [0.25, 0.3) is 11.4 Å². The Morgan fingerprint density at radius 3 is 2.61 bits per heavy atom. The first-order valence-electron chi connectivity index (χ1n) is 8.64. The second-order valence-electron chi connectivity index (χ2n) is 6.55. The number of thioether (sulfide) groups is 1. The second kappa shape index (κ2) is 8.92. The van der Waals surface area contributed by atoms with Crippen LogP contribution in [0, 0.1) is 17.6 Å². The van der Waals surface area contributed by atoms with E-state index in [9.17, 15) is 13.6 Å². The summed E-state index contributed by atoms with van der Waals surface area (Å²) in [5, 5.41) is 11.5. The molecule has 2 aromatic heterocycles. The Kier molecular flexibility index (Phi) is 6.35. The summed E-state index contributed by atoms with van der Waals surface area (Å²) in [6.45, 7) is 4.83. The van der Waals surface area contributed by atoms with Crippen molar-refractivity contribution in [3.05, 3.63) is 54.4 Å². The molecule has 0 saturated heterocycles. The number of hydrogen-bond donors (Lipinski definition) is 1. The average molecular weight is 403 g/mol. The normalized spacial score (nSPS) is 11.0. The Bertz CT molecular complexity index is 942. The van der Waals surface area contributed by atoms with E-state index in [0.717, 1.165) is 23.8 Å². The van der Waals surface area contributed by atoms with Crippen LogP contribution in [0.5, 0.6) is 0 Å². The van der Waals surface area contributed by atoms with Crippen molar-refractivity contribution in [2.75, 3.05) is 11.1 Å². The molecule has 1 amide bonds. The first-order valence-corrected chi connectivity index (χ1v) is 9.63. The number of amides is 1. The molecular formula is C19H19F2N5OS. The molecule has 3 aromatic rings. The first kappa shape index (κ1) is 19.9. The highest BCUT2D eigenvalue weighted by Crippen LogP contribution is 2.25. The van der Waals surface area contributed by atoms with Crippen molar-refractivity contribution in [3.8, 4) is 11.4 Å². The number of rotatable bonds is 7. The molecule has 0 aliphatic heterocycles. The van der Waals surface area contributed by atoms with Gasteiger partial charge in [-0.05, 0) is 30.2 Å². The topological polar surface area (TPSA) is 72.7 Å². The zero-order valence-electron chi connectivity index (χ0n) is 15.4. The third-order valence-corrected chi connectivity index (χ3v) is 4.63. The van der Waals surface area contributed by atoms with E-state index in [1.807, 2.05) is 16.7 Å². The van der Waals surface area contributed by atoms with Crippen LogP contribution >= 0.6 is 11.8 Å². The van der Waals surface area contributed by atoms with Crippen molar-refractivity contribution in [2.45, 2.75) is 25.5 Å². The van der Waals surface area contributed by atoms with E-state index in [4.69, 9.17) is 0 Å². The maximum absolute atomic E-state index is 13.2. The second-order valence-corrected chi connectivity index (χ2v) is 7.49. The summed E-state index contributed by atoms with van der Waals surface area (Å²) in [5.41, 5.74) is 0.907. The van der Waals surface area contributed by atoms with Crippen LogP contribution < -0.4 is 5.32 Å². The monoisotopic (exact) mass is 403 g/mol. The lowest BCUT2D eigenvalue weighted by atomic mass is 10.2. The summed E-state index contributed by atoms with van der Waals surface area (Å²) in [7, 11) is 0. The van der Waals surface area contributed by atoms with E-state index >= 15 is 0 Å². The number of halogens is 2. The van der Waals surface area contributed by atoms with Crippen LogP contribution in [0.1, 0.15) is 13.8 Å². The summed E-state index contributed by atoms with van der Waals surface area (Å²) in [6.07, 6.45) is 3.39. The molecule has 3 rings (SSSR count). The van der Waals surface area contributed by atoms with Crippen molar-refractivity contribution >= 4 is 23.4 Å². The molecule has 28 heavy (non-hydrogen) atoms. The Labute approximate surface area is 165 Å². The number of benzene rings is 1. The Morgan fingerprint density at radius 1 is 1.21 bits per heavy atom. The van der Waals surface area contributed by atoms with Crippen LogP contribution in [-0.2, 0) is 11.3 Å². The van der Waals surface area contributed by atoms with Gasteiger partial charge in [0.25, 0.3) is 0 Å². The predicted molar refractivity (Wildman–Crippen MR) is 104 cm³/mol. The van der Waals surface area contributed by atoms with Gasteiger partial charge in [0.2, 0.25) is 5.91 Å². The lowest BCUT2D eigenvalue weighted by molar-refractivity contribution is -0.113. The highest BCUT2D eigenvalue weighted by Gasteiger charge is 2.17. The molecule has 1 aromatic carbocycles. The molecule has 9 heteroatoms. The summed E-state index contributed by atoms with van der Waals surface area (Å²) in [6, 6.07) is 6.59. The number of nitrogens with one attached hydrogen (secondary N) is 1. The van der Waals surface area contributed by atoms with Gasteiger partial charge in [-0.2, -0.15) is 0 Å². The van der Waals surface area contributed by atoms with Gasteiger partial charge in [0.15, 0.2) is 11.0 Å². The van der Waals surface area contributed by atoms with Gasteiger partial charge in [-0.15, -0.1) is 10.2 Å². The fourth-order valence-electron chi connectivity index (χ4n) is 2.59. The molecule has 0 fully saturated rings. The van der Waals surface area contributed by atoms with E-state index in [-0.39, 0.29) is 11.4 Å². The molecule has 0 bridgehead atoms. The molecule has 1 N–H and O–H groups in total. The first-order chi connectivity index (χ1) is 13.4. The van der Waals surface area contributed by atoms with Gasteiger partial charge < -0.3 is 9.88 Å². The Morgan fingerprint density at radius 2 is 1.96 bits per heavy atom. The van der Waals surface area contributed by atoms with Crippen molar-refractivity contribution < 1.29 is 13.6 Å². The van der Waals surface area contributed by atoms with Crippen LogP contribution in [0.2, 0.25) is 0 Å². The van der Waals surface area contributed by atoms with Crippen LogP contribution in [0.3, 0.4) is 0 Å². The van der Waals surface area contributed by atoms with E-state index in [1.165, 1.54) is 11.8 Å². The number of hydrogen-bond acceptors (Lipinski definition) is 5. The smallest absolute Gasteiger partial charge is 0.234 e. The Hall–Kier alpha value is -2.81. The fourth-order valence-corrected chi connectivity index (χ4v) is 3.33. The number of carbonyl (C=O) groups excluding carboxylic acids is 1. The summed E-state index contributed by atoms with van der Waals surface area (Å²) < 4.78 is 28.4. The van der Waals surface area contributed by atoms with Gasteiger partial charge in [-0.3, -0.25) is 9.78 Å². The highest BCUT2D eigenvalue weighted by molar-refractivity contribution is 7.99. The molecule has 2 heterocycles. The van der Waals surface area contributed by atoms with E-state index in [0.29, 0.717) is 23.4 Å². The SMILES string of the molecule is CC(C)Cn1c(SCC(=O)Nc2cc(F)cc(F)c2)nnc1-c1cccnc1. The molecule has 0 aliphatic carbocycles. The Balaban J connectivity index is 1.73. The molecule has 0 radical (unpaired) electrons. The largest absolute Gasteiger partial charge is 0.325 e. The van der Waals surface area contributed by atoms with Gasteiger partial charge in [0.05, 0.1) is 5.75 Å². The minimum Gasteiger partial charge on any atom is -0.325 e. The standard InChI is InChI=1S/C19H19F2N5OS/c1-12(2)10-26-18(13-4-3-5-22-9-13)24-25-19(26)28-11-17(27)23-16-7-14(20)6-15(21)8-16/h3-9,12H,10-11H2,1-2H3,(H,23,27). The van der Waals surface area contributed by atoms with Crippen LogP contribution in [-0.4, -0.2) is 31.4 Å². The third-order valence-electron chi connectivity index (χ3n) is 3.66. The summed E-state index contributed by atoms with van der Waals surface area (Å²) >= 11 is 1.21. The lowest BCUT2D eigenvalue weighted by Gasteiger charge is -2.12.